The molecule has 3 aromatic rings. The first-order valence-electron chi connectivity index (χ1n) is 12.2. The molecular weight excluding hydrogens is 490 g/mol. The molecule has 196 valence electrons. The third-order valence-electron chi connectivity index (χ3n) is 6.55. The van der Waals surface area contributed by atoms with E-state index in [1.807, 2.05) is 6.07 Å². The number of benzene rings is 3. The first kappa shape index (κ1) is 25.2. The Morgan fingerprint density at radius 1 is 1.03 bits per heavy atom. The molecule has 0 saturated carbocycles. The van der Waals surface area contributed by atoms with E-state index in [0.717, 1.165) is 18.7 Å². The average molecular weight is 518 g/mol. The molecule has 1 saturated heterocycles. The number of rotatable bonds is 7. The van der Waals surface area contributed by atoms with E-state index in [0.29, 0.717) is 60.1 Å². The lowest BCUT2D eigenvalue weighted by molar-refractivity contribution is -0.385. The molecule has 38 heavy (non-hydrogen) atoms. The quantitative estimate of drug-likeness (QED) is 0.313. The molecule has 2 aliphatic heterocycles. The van der Waals surface area contributed by atoms with E-state index in [1.165, 1.54) is 13.2 Å². The maximum Gasteiger partial charge on any atom is 0.310 e. The van der Waals surface area contributed by atoms with Gasteiger partial charge in [-0.1, -0.05) is 6.07 Å². The number of hydrogen-bond donors (Lipinski definition) is 3. The Labute approximate surface area is 218 Å². The van der Waals surface area contributed by atoms with Crippen molar-refractivity contribution < 1.29 is 24.0 Å². The van der Waals surface area contributed by atoms with Crippen molar-refractivity contribution in [3.8, 4) is 16.9 Å². The molecule has 0 bridgehead atoms. The normalized spacial score (nSPS) is 14.8. The van der Waals surface area contributed by atoms with Crippen molar-refractivity contribution in [3.63, 3.8) is 0 Å². The Morgan fingerprint density at radius 2 is 1.79 bits per heavy atom. The summed E-state index contributed by atoms with van der Waals surface area (Å²) in [7, 11) is 1.38. The van der Waals surface area contributed by atoms with Crippen molar-refractivity contribution in [1.82, 2.24) is 4.90 Å². The Balaban J connectivity index is 1.33. The van der Waals surface area contributed by atoms with Gasteiger partial charge in [-0.15, -0.1) is 0 Å². The maximum absolute atomic E-state index is 13.0. The number of nitro groups is 1. The maximum atomic E-state index is 13.0. The number of morpholine rings is 1. The van der Waals surface area contributed by atoms with Crippen molar-refractivity contribution in [2.24, 2.45) is 0 Å². The van der Waals surface area contributed by atoms with Gasteiger partial charge in [0.2, 0.25) is 5.91 Å². The summed E-state index contributed by atoms with van der Waals surface area (Å²) >= 11 is 0. The molecule has 2 aliphatic rings. The van der Waals surface area contributed by atoms with Gasteiger partial charge in [0.25, 0.3) is 5.91 Å². The highest BCUT2D eigenvalue weighted by Crippen LogP contribution is 2.37. The Morgan fingerprint density at radius 3 is 2.55 bits per heavy atom. The summed E-state index contributed by atoms with van der Waals surface area (Å²) in [5, 5.41) is 20.3. The van der Waals surface area contributed by atoms with Crippen LogP contribution in [0.5, 0.6) is 5.75 Å². The van der Waals surface area contributed by atoms with Gasteiger partial charge in [-0.05, 0) is 53.6 Å². The van der Waals surface area contributed by atoms with Crippen LogP contribution in [0.15, 0.2) is 54.6 Å². The second kappa shape index (κ2) is 10.9. The Hall–Kier alpha value is -4.48. The van der Waals surface area contributed by atoms with E-state index in [9.17, 15) is 19.7 Å². The summed E-state index contributed by atoms with van der Waals surface area (Å²) in [5.74, 6) is -0.247. The molecule has 0 aliphatic carbocycles. The molecule has 0 radical (unpaired) electrons. The first-order chi connectivity index (χ1) is 18.4. The molecule has 0 unspecified atom stereocenters. The molecule has 2 heterocycles. The summed E-state index contributed by atoms with van der Waals surface area (Å²) in [5.41, 5.74) is 4.15. The molecule has 2 amide bonds. The van der Waals surface area contributed by atoms with Crippen LogP contribution in [0, 0.1) is 10.1 Å². The summed E-state index contributed by atoms with van der Waals surface area (Å²) in [4.78, 5) is 38.4. The zero-order valence-corrected chi connectivity index (χ0v) is 20.8. The zero-order valence-electron chi connectivity index (χ0n) is 20.8. The van der Waals surface area contributed by atoms with Gasteiger partial charge in [0, 0.05) is 37.8 Å². The molecular formula is C27H27N5O6. The van der Waals surface area contributed by atoms with Crippen LogP contribution in [0.1, 0.15) is 16.8 Å². The third-order valence-corrected chi connectivity index (χ3v) is 6.55. The number of amides is 2. The molecule has 0 aromatic heterocycles. The van der Waals surface area contributed by atoms with E-state index >= 15 is 0 Å². The van der Waals surface area contributed by atoms with E-state index in [1.54, 1.807) is 42.5 Å². The predicted molar refractivity (Wildman–Crippen MR) is 143 cm³/mol. The number of nitrogens with one attached hydrogen (secondary N) is 3. The molecule has 3 N–H and O–H groups in total. The molecule has 11 heteroatoms. The van der Waals surface area contributed by atoms with E-state index < -0.39 is 4.92 Å². The Kier molecular flexibility index (Phi) is 7.20. The van der Waals surface area contributed by atoms with E-state index in [2.05, 4.69) is 20.9 Å². The highest BCUT2D eigenvalue weighted by atomic mass is 16.6. The SMILES string of the molecule is COc1cc(-c2ccc3c(c2)Nc2ccc(NC(=O)CCN4CCOCC4)cc2NC3=O)ccc1[N+](=O)[O-]. The number of ether oxygens (including phenoxy) is 2. The third kappa shape index (κ3) is 5.43. The molecule has 0 spiro atoms. The fourth-order valence-electron chi connectivity index (χ4n) is 4.51. The van der Waals surface area contributed by atoms with Gasteiger partial charge in [0.05, 0.1) is 47.9 Å². The van der Waals surface area contributed by atoms with Gasteiger partial charge in [0.1, 0.15) is 0 Å². The van der Waals surface area contributed by atoms with Crippen LogP contribution in [-0.2, 0) is 9.53 Å². The monoisotopic (exact) mass is 517 g/mol. The highest BCUT2D eigenvalue weighted by molar-refractivity contribution is 6.13. The smallest absolute Gasteiger partial charge is 0.310 e. The lowest BCUT2D eigenvalue weighted by atomic mass is 10.0. The second-order valence-corrected chi connectivity index (χ2v) is 9.00. The van der Waals surface area contributed by atoms with Gasteiger partial charge < -0.3 is 25.4 Å². The number of carbonyl (C=O) groups excluding carboxylic acids is 2. The largest absolute Gasteiger partial charge is 0.490 e. The van der Waals surface area contributed by atoms with Crippen LogP contribution in [-0.4, -0.2) is 61.6 Å². The van der Waals surface area contributed by atoms with E-state index in [-0.39, 0.29) is 23.3 Å². The highest BCUT2D eigenvalue weighted by Gasteiger charge is 2.21. The first-order valence-corrected chi connectivity index (χ1v) is 12.2. The summed E-state index contributed by atoms with van der Waals surface area (Å²) in [6.07, 6.45) is 0.364. The van der Waals surface area contributed by atoms with Crippen LogP contribution in [0.2, 0.25) is 0 Å². The zero-order chi connectivity index (χ0) is 26.6. The topological polar surface area (TPSA) is 135 Å². The number of hydrogen-bond acceptors (Lipinski definition) is 8. The number of fused-ring (bicyclic) bond motifs is 2. The van der Waals surface area contributed by atoms with Crippen molar-refractivity contribution in [3.05, 3.63) is 70.3 Å². The molecule has 11 nitrogen and oxygen atoms in total. The number of nitro benzene ring substituents is 1. The van der Waals surface area contributed by atoms with Crippen LogP contribution in [0.3, 0.4) is 0 Å². The standard InChI is InChI=1S/C27H27N5O6/c1-37-25-15-18(3-7-24(25)32(35)36)17-2-5-20-22(14-17)29-21-6-4-19(16-23(21)30-27(20)34)28-26(33)8-9-31-10-12-38-13-11-31/h2-7,14-16,29H,8-13H2,1H3,(H,28,33)(H,30,34). The van der Waals surface area contributed by atoms with Crippen molar-refractivity contribution in [1.29, 1.82) is 0 Å². The summed E-state index contributed by atoms with van der Waals surface area (Å²) < 4.78 is 10.5. The van der Waals surface area contributed by atoms with Gasteiger partial charge >= 0.3 is 5.69 Å². The molecule has 1 fully saturated rings. The van der Waals surface area contributed by atoms with Gasteiger partial charge in [-0.2, -0.15) is 0 Å². The van der Waals surface area contributed by atoms with Crippen molar-refractivity contribution >= 4 is 40.3 Å². The minimum absolute atomic E-state index is 0.101. The molecule has 0 atom stereocenters. The fraction of sp³-hybridized carbons (Fsp3) is 0.259. The van der Waals surface area contributed by atoms with Crippen LogP contribution in [0.4, 0.5) is 28.4 Å². The van der Waals surface area contributed by atoms with Crippen LogP contribution >= 0.6 is 0 Å². The lowest BCUT2D eigenvalue weighted by Gasteiger charge is -2.26. The van der Waals surface area contributed by atoms with Gasteiger partial charge in [0.15, 0.2) is 5.75 Å². The minimum atomic E-state index is -0.497. The number of methoxy groups -OCH3 is 1. The number of carbonyl (C=O) groups is 2. The van der Waals surface area contributed by atoms with Gasteiger partial charge in [-0.3, -0.25) is 24.6 Å². The number of anilines is 4. The summed E-state index contributed by atoms with van der Waals surface area (Å²) in [6.45, 7) is 3.68. The van der Waals surface area contributed by atoms with Crippen molar-refractivity contribution in [2.45, 2.75) is 6.42 Å². The van der Waals surface area contributed by atoms with Crippen LogP contribution in [0.25, 0.3) is 11.1 Å². The summed E-state index contributed by atoms with van der Waals surface area (Å²) in [6, 6.07) is 15.2. The Bertz CT molecular complexity index is 1400. The molecule has 5 rings (SSSR count). The molecule has 3 aromatic carbocycles. The van der Waals surface area contributed by atoms with Crippen molar-refractivity contribution in [2.75, 3.05) is 55.9 Å². The fourth-order valence-corrected chi connectivity index (χ4v) is 4.51. The predicted octanol–water partition coefficient (Wildman–Crippen LogP) is 4.24. The second-order valence-electron chi connectivity index (χ2n) is 9.00. The minimum Gasteiger partial charge on any atom is -0.490 e. The van der Waals surface area contributed by atoms with Crippen LogP contribution < -0.4 is 20.7 Å². The van der Waals surface area contributed by atoms with Gasteiger partial charge in [-0.25, -0.2) is 0 Å². The number of nitrogens with zero attached hydrogens (tertiary/aromatic N) is 2. The lowest BCUT2D eigenvalue weighted by Crippen LogP contribution is -2.38. The van der Waals surface area contributed by atoms with E-state index in [4.69, 9.17) is 9.47 Å². The average Bonchev–Trinajstić information content (AvgIpc) is 3.06.